The van der Waals surface area contributed by atoms with Gasteiger partial charge in [0.1, 0.15) is 24.4 Å². The van der Waals surface area contributed by atoms with Crippen molar-refractivity contribution in [1.29, 1.82) is 0 Å². The maximum Gasteiger partial charge on any atom is 0.186 e. The molecule has 4 heterocycles. The van der Waals surface area contributed by atoms with Crippen molar-refractivity contribution in [3.63, 3.8) is 0 Å². The third-order valence-electron chi connectivity index (χ3n) is 5.41. The monoisotopic (exact) mass is 374 g/mol. The lowest BCUT2D eigenvalue weighted by molar-refractivity contribution is -0.234. The van der Waals surface area contributed by atoms with Crippen molar-refractivity contribution in [3.05, 3.63) is 0 Å². The van der Waals surface area contributed by atoms with E-state index in [2.05, 4.69) is 0 Å². The van der Waals surface area contributed by atoms with Crippen molar-refractivity contribution in [1.82, 2.24) is 0 Å². The zero-order valence-electron chi connectivity index (χ0n) is 16.3. The van der Waals surface area contributed by atoms with E-state index in [0.29, 0.717) is 0 Å². The van der Waals surface area contributed by atoms with Gasteiger partial charge in [-0.25, -0.2) is 0 Å². The zero-order valence-corrected chi connectivity index (χ0v) is 16.3. The molecule has 4 aliphatic rings. The van der Waals surface area contributed by atoms with Crippen molar-refractivity contribution >= 4 is 0 Å². The van der Waals surface area contributed by atoms with Crippen LogP contribution in [0.3, 0.4) is 0 Å². The van der Waals surface area contributed by atoms with Gasteiger partial charge in [0.25, 0.3) is 0 Å². The molecule has 8 atom stereocenters. The molecule has 8 heteroatoms. The minimum absolute atomic E-state index is 0.120. The summed E-state index contributed by atoms with van der Waals surface area (Å²) in [4.78, 5) is 0. The first-order chi connectivity index (χ1) is 12.2. The highest BCUT2D eigenvalue weighted by Crippen LogP contribution is 2.43. The van der Waals surface area contributed by atoms with Gasteiger partial charge in [-0.3, -0.25) is 0 Å². The molecule has 0 spiro atoms. The van der Waals surface area contributed by atoms with E-state index >= 15 is 0 Å². The quantitative estimate of drug-likeness (QED) is 0.718. The summed E-state index contributed by atoms with van der Waals surface area (Å²) in [5.41, 5.74) is 0. The van der Waals surface area contributed by atoms with Crippen molar-refractivity contribution < 1.29 is 37.9 Å². The van der Waals surface area contributed by atoms with Crippen LogP contribution in [-0.2, 0) is 37.9 Å². The Bertz CT molecular complexity index is 477. The molecule has 4 fully saturated rings. The van der Waals surface area contributed by atoms with Crippen molar-refractivity contribution in [2.75, 3.05) is 14.2 Å². The predicted molar refractivity (Wildman–Crippen MR) is 88.2 cm³/mol. The van der Waals surface area contributed by atoms with Crippen LogP contribution in [0.25, 0.3) is 0 Å². The lowest BCUT2D eigenvalue weighted by atomic mass is 10.0. The molecule has 0 unspecified atom stereocenters. The predicted octanol–water partition coefficient (Wildman–Crippen LogP) is 1.55. The lowest BCUT2D eigenvalue weighted by Crippen LogP contribution is -2.33. The van der Waals surface area contributed by atoms with Gasteiger partial charge in [0.15, 0.2) is 24.2 Å². The van der Waals surface area contributed by atoms with Crippen LogP contribution >= 0.6 is 0 Å². The maximum absolute atomic E-state index is 6.05. The fourth-order valence-electron chi connectivity index (χ4n) is 4.46. The molecule has 0 bridgehead atoms. The van der Waals surface area contributed by atoms with Crippen molar-refractivity contribution in [3.8, 4) is 0 Å². The summed E-state index contributed by atoms with van der Waals surface area (Å²) >= 11 is 0. The minimum atomic E-state index is -0.628. The fourth-order valence-corrected chi connectivity index (χ4v) is 4.46. The number of methoxy groups -OCH3 is 2. The molecule has 0 aromatic carbocycles. The second-order valence-corrected chi connectivity index (χ2v) is 8.26. The molecule has 0 radical (unpaired) electrons. The smallest absolute Gasteiger partial charge is 0.186 e. The lowest BCUT2D eigenvalue weighted by Gasteiger charge is -2.26. The van der Waals surface area contributed by atoms with Gasteiger partial charge in [-0.1, -0.05) is 0 Å². The average Bonchev–Trinajstić information content (AvgIpc) is 3.22. The van der Waals surface area contributed by atoms with Crippen LogP contribution in [0.2, 0.25) is 0 Å². The van der Waals surface area contributed by atoms with Gasteiger partial charge in [-0.2, -0.15) is 0 Å². The molecule has 4 saturated heterocycles. The van der Waals surface area contributed by atoms with Crippen molar-refractivity contribution in [2.45, 2.75) is 101 Å². The Labute approximate surface area is 154 Å². The number of hydrogen-bond acceptors (Lipinski definition) is 8. The highest BCUT2D eigenvalue weighted by molar-refractivity contribution is 4.98. The second kappa shape index (κ2) is 6.63. The molecule has 0 aliphatic carbocycles. The molecule has 150 valence electrons. The highest BCUT2D eigenvalue weighted by Gasteiger charge is 2.58. The molecular weight excluding hydrogens is 344 g/mol. The molecule has 0 aromatic rings. The number of fused-ring (bicyclic) bond motifs is 2. The van der Waals surface area contributed by atoms with Crippen LogP contribution in [-0.4, -0.2) is 75.0 Å². The number of ether oxygens (including phenoxy) is 8. The summed E-state index contributed by atoms with van der Waals surface area (Å²) in [6.07, 6.45) is -0.311. The van der Waals surface area contributed by atoms with Crippen LogP contribution in [0.4, 0.5) is 0 Å². The Balaban J connectivity index is 1.39. The van der Waals surface area contributed by atoms with Gasteiger partial charge in [0.05, 0.1) is 12.2 Å². The largest absolute Gasteiger partial charge is 0.353 e. The maximum atomic E-state index is 6.05. The zero-order chi connectivity index (χ0) is 18.7. The van der Waals surface area contributed by atoms with E-state index in [1.54, 1.807) is 14.2 Å². The van der Waals surface area contributed by atoms with Gasteiger partial charge >= 0.3 is 0 Å². The Hall–Kier alpha value is -0.320. The molecule has 0 aromatic heterocycles. The second-order valence-electron chi connectivity index (χ2n) is 8.26. The van der Waals surface area contributed by atoms with Gasteiger partial charge < -0.3 is 37.9 Å². The third-order valence-corrected chi connectivity index (χ3v) is 5.41. The van der Waals surface area contributed by atoms with E-state index in [1.165, 1.54) is 0 Å². The number of hydrogen-bond donors (Lipinski definition) is 0. The summed E-state index contributed by atoms with van der Waals surface area (Å²) in [5, 5.41) is 0. The average molecular weight is 374 g/mol. The van der Waals surface area contributed by atoms with Gasteiger partial charge in [0.2, 0.25) is 0 Å². The Morgan fingerprint density at radius 1 is 0.615 bits per heavy atom. The van der Waals surface area contributed by atoms with Crippen molar-refractivity contribution in [2.24, 2.45) is 0 Å². The van der Waals surface area contributed by atoms with Gasteiger partial charge in [-0.15, -0.1) is 0 Å². The van der Waals surface area contributed by atoms with Gasteiger partial charge in [-0.05, 0) is 40.5 Å². The standard InChI is InChI=1S/C18H30O8/c1-17(2)23-11-9(21-15(19-5)13(11)25-17)7-8-10-12-14(16(20-6)22-10)26-18(3,4)24-12/h9-16H,7-8H2,1-6H3/t9-,10-,11-,12-,13-,14-,15-,16-/m1/s1. The SMILES string of the molecule is CO[C@@H]1O[C@H](CC[C@H]2O[C@@H](OC)[C@@H]3OC(C)(C)O[C@@H]32)[C@H]2OC(C)(C)O[C@@H]12. The summed E-state index contributed by atoms with van der Waals surface area (Å²) in [6.45, 7) is 7.65. The molecule has 0 N–H and O–H groups in total. The first kappa shape index (κ1) is 19.0. The molecule has 0 amide bonds. The van der Waals surface area contributed by atoms with E-state index in [1.807, 2.05) is 27.7 Å². The fraction of sp³-hybridized carbons (Fsp3) is 1.00. The van der Waals surface area contributed by atoms with Crippen LogP contribution in [0.1, 0.15) is 40.5 Å². The van der Waals surface area contributed by atoms with E-state index in [-0.39, 0.29) is 36.6 Å². The highest BCUT2D eigenvalue weighted by atomic mass is 16.8. The first-order valence-electron chi connectivity index (χ1n) is 9.31. The number of rotatable bonds is 5. The molecule has 8 nitrogen and oxygen atoms in total. The minimum Gasteiger partial charge on any atom is -0.353 e. The molecule has 0 saturated carbocycles. The van der Waals surface area contributed by atoms with Crippen LogP contribution in [0.15, 0.2) is 0 Å². The molecule has 4 aliphatic heterocycles. The third kappa shape index (κ3) is 3.31. The summed E-state index contributed by atoms with van der Waals surface area (Å²) in [6, 6.07) is 0. The van der Waals surface area contributed by atoms with Gasteiger partial charge in [0, 0.05) is 14.2 Å². The van der Waals surface area contributed by atoms with E-state index in [9.17, 15) is 0 Å². The molecule has 4 rings (SSSR count). The van der Waals surface area contributed by atoms with E-state index in [4.69, 9.17) is 37.9 Å². The first-order valence-corrected chi connectivity index (χ1v) is 9.31. The van der Waals surface area contributed by atoms with Crippen LogP contribution in [0, 0.1) is 0 Å². The van der Waals surface area contributed by atoms with Crippen LogP contribution in [0.5, 0.6) is 0 Å². The van der Waals surface area contributed by atoms with E-state index in [0.717, 1.165) is 12.8 Å². The normalized spacial score (nSPS) is 48.7. The Kier molecular flexibility index (Phi) is 4.85. The Morgan fingerprint density at radius 3 is 1.31 bits per heavy atom. The topological polar surface area (TPSA) is 73.8 Å². The summed E-state index contributed by atoms with van der Waals surface area (Å²) in [7, 11) is 3.25. The molecule has 26 heavy (non-hydrogen) atoms. The molecular formula is C18H30O8. The Morgan fingerprint density at radius 2 is 0.962 bits per heavy atom. The summed E-state index contributed by atoms with van der Waals surface area (Å²) < 4.78 is 46.8. The summed E-state index contributed by atoms with van der Waals surface area (Å²) in [5.74, 6) is -1.26. The van der Waals surface area contributed by atoms with E-state index < -0.39 is 24.2 Å². The van der Waals surface area contributed by atoms with Crippen LogP contribution < -0.4 is 0 Å².